The number of aromatic carboxylic acids is 1. The Morgan fingerprint density at radius 1 is 1.47 bits per heavy atom. The van der Waals surface area contributed by atoms with E-state index < -0.39 is 5.97 Å². The van der Waals surface area contributed by atoms with E-state index in [1.165, 1.54) is 11.3 Å². The Bertz CT molecular complexity index is 338. The molecule has 96 valence electrons. The van der Waals surface area contributed by atoms with Gasteiger partial charge in [-0.05, 0) is 31.5 Å². The molecule has 0 spiro atoms. The minimum Gasteiger partial charge on any atom is -0.477 e. The summed E-state index contributed by atoms with van der Waals surface area (Å²) in [5.74, 6) is -0.853. The maximum Gasteiger partial charge on any atom is 0.345 e. The van der Waals surface area contributed by atoms with E-state index in [-0.39, 0.29) is 0 Å². The quantitative estimate of drug-likeness (QED) is 0.667. The molecular weight excluding hydrogens is 238 g/mol. The van der Waals surface area contributed by atoms with E-state index in [1.54, 1.807) is 6.07 Å². The molecule has 1 rings (SSSR count). The van der Waals surface area contributed by atoms with Gasteiger partial charge in [0.1, 0.15) is 4.88 Å². The van der Waals surface area contributed by atoms with Crippen LogP contribution in [0.1, 0.15) is 34.3 Å². The van der Waals surface area contributed by atoms with Crippen LogP contribution in [-0.2, 0) is 11.3 Å². The van der Waals surface area contributed by atoms with Crippen molar-refractivity contribution >= 4 is 17.3 Å². The Balaban J connectivity index is 2.07. The lowest BCUT2D eigenvalue weighted by molar-refractivity contribution is 0.0702. The Morgan fingerprint density at radius 3 is 2.94 bits per heavy atom. The van der Waals surface area contributed by atoms with Crippen molar-refractivity contribution in [1.29, 1.82) is 0 Å². The molecule has 1 aromatic rings. The molecule has 0 aromatic carbocycles. The molecule has 2 N–H and O–H groups in total. The lowest BCUT2D eigenvalue weighted by Gasteiger charge is -2.03. The standard InChI is InChI=1S/C12H19NO3S/c1-2-7-16-8-3-6-13-9-10-4-5-11(17-10)12(14)15/h4-5,13H,2-3,6-9H2,1H3,(H,14,15). The second-order valence-electron chi connectivity index (χ2n) is 3.71. The number of hydrogen-bond donors (Lipinski definition) is 2. The highest BCUT2D eigenvalue weighted by Crippen LogP contribution is 2.15. The van der Waals surface area contributed by atoms with Crippen molar-refractivity contribution in [2.24, 2.45) is 0 Å². The highest BCUT2D eigenvalue weighted by molar-refractivity contribution is 7.13. The van der Waals surface area contributed by atoms with Crippen molar-refractivity contribution in [2.75, 3.05) is 19.8 Å². The summed E-state index contributed by atoms with van der Waals surface area (Å²) in [6.45, 7) is 5.32. The molecule has 0 unspecified atom stereocenters. The molecule has 0 aliphatic carbocycles. The third kappa shape index (κ3) is 5.81. The van der Waals surface area contributed by atoms with Gasteiger partial charge in [0.2, 0.25) is 0 Å². The molecule has 17 heavy (non-hydrogen) atoms. The van der Waals surface area contributed by atoms with Crippen molar-refractivity contribution in [3.63, 3.8) is 0 Å². The van der Waals surface area contributed by atoms with E-state index in [1.807, 2.05) is 6.07 Å². The van der Waals surface area contributed by atoms with Crippen molar-refractivity contribution in [3.8, 4) is 0 Å². The molecule has 5 heteroatoms. The molecule has 0 radical (unpaired) electrons. The second-order valence-corrected chi connectivity index (χ2v) is 4.88. The fourth-order valence-corrected chi connectivity index (χ4v) is 2.16. The molecule has 0 aliphatic rings. The Labute approximate surface area is 106 Å². The number of hydrogen-bond acceptors (Lipinski definition) is 4. The van der Waals surface area contributed by atoms with Crippen LogP contribution in [0.25, 0.3) is 0 Å². The lowest BCUT2D eigenvalue weighted by Crippen LogP contribution is -2.15. The Kier molecular flexibility index (Phi) is 6.84. The van der Waals surface area contributed by atoms with E-state index in [0.717, 1.165) is 44.0 Å². The third-order valence-corrected chi connectivity index (χ3v) is 3.24. The van der Waals surface area contributed by atoms with Crippen LogP contribution in [0.2, 0.25) is 0 Å². The zero-order valence-electron chi connectivity index (χ0n) is 10.1. The van der Waals surface area contributed by atoms with Gasteiger partial charge < -0.3 is 15.2 Å². The van der Waals surface area contributed by atoms with Gasteiger partial charge in [-0.2, -0.15) is 0 Å². The summed E-state index contributed by atoms with van der Waals surface area (Å²) in [4.78, 5) is 12.1. The van der Waals surface area contributed by atoms with Crippen LogP contribution in [0.15, 0.2) is 12.1 Å². The number of carboxylic acids is 1. The summed E-state index contributed by atoms with van der Waals surface area (Å²) < 4.78 is 5.36. The van der Waals surface area contributed by atoms with E-state index in [2.05, 4.69) is 12.2 Å². The molecule has 0 fully saturated rings. The van der Waals surface area contributed by atoms with Gasteiger partial charge >= 0.3 is 5.97 Å². The van der Waals surface area contributed by atoms with Gasteiger partial charge in [0.25, 0.3) is 0 Å². The molecule has 0 saturated carbocycles. The van der Waals surface area contributed by atoms with E-state index >= 15 is 0 Å². The first-order valence-corrected chi connectivity index (χ1v) is 6.66. The predicted octanol–water partition coefficient (Wildman–Crippen LogP) is 2.35. The van der Waals surface area contributed by atoms with Crippen LogP contribution in [0, 0.1) is 0 Å². The number of nitrogens with one attached hydrogen (secondary N) is 1. The molecule has 0 saturated heterocycles. The van der Waals surface area contributed by atoms with Crippen LogP contribution in [0.3, 0.4) is 0 Å². The fraction of sp³-hybridized carbons (Fsp3) is 0.583. The number of carboxylic acid groups (broad SMARTS) is 1. The summed E-state index contributed by atoms with van der Waals surface area (Å²) in [6.07, 6.45) is 2.04. The third-order valence-electron chi connectivity index (χ3n) is 2.16. The van der Waals surface area contributed by atoms with Gasteiger partial charge in [0.15, 0.2) is 0 Å². The lowest BCUT2D eigenvalue weighted by atomic mass is 10.4. The van der Waals surface area contributed by atoms with Crippen molar-refractivity contribution in [1.82, 2.24) is 5.32 Å². The predicted molar refractivity (Wildman–Crippen MR) is 68.7 cm³/mol. The normalized spacial score (nSPS) is 10.6. The second kappa shape index (κ2) is 8.22. The zero-order valence-corrected chi connectivity index (χ0v) is 10.9. The first kappa shape index (κ1) is 14.2. The van der Waals surface area contributed by atoms with Crippen LogP contribution in [-0.4, -0.2) is 30.8 Å². The molecule has 0 bridgehead atoms. The van der Waals surface area contributed by atoms with Gasteiger partial charge in [0.05, 0.1) is 0 Å². The summed E-state index contributed by atoms with van der Waals surface area (Å²) >= 11 is 1.32. The minimum absolute atomic E-state index is 0.396. The molecule has 0 aliphatic heterocycles. The van der Waals surface area contributed by atoms with Gasteiger partial charge in [-0.1, -0.05) is 6.92 Å². The number of rotatable bonds is 9. The maximum atomic E-state index is 10.7. The summed E-state index contributed by atoms with van der Waals surface area (Å²) in [5, 5.41) is 12.0. The molecular formula is C12H19NO3S. The average Bonchev–Trinajstić information content (AvgIpc) is 2.77. The van der Waals surface area contributed by atoms with E-state index in [0.29, 0.717) is 4.88 Å². The first-order chi connectivity index (χ1) is 8.24. The molecule has 0 atom stereocenters. The Hall–Kier alpha value is -0.910. The fourth-order valence-electron chi connectivity index (χ4n) is 1.35. The topological polar surface area (TPSA) is 58.6 Å². The molecule has 0 amide bonds. The smallest absolute Gasteiger partial charge is 0.345 e. The molecule has 1 aromatic heterocycles. The van der Waals surface area contributed by atoms with Crippen LogP contribution < -0.4 is 5.32 Å². The monoisotopic (exact) mass is 257 g/mol. The van der Waals surface area contributed by atoms with Crippen LogP contribution in [0.4, 0.5) is 0 Å². The van der Waals surface area contributed by atoms with Gasteiger partial charge in [0, 0.05) is 24.6 Å². The average molecular weight is 257 g/mol. The largest absolute Gasteiger partial charge is 0.477 e. The van der Waals surface area contributed by atoms with Gasteiger partial charge in [-0.15, -0.1) is 11.3 Å². The van der Waals surface area contributed by atoms with Crippen molar-refractivity contribution in [3.05, 3.63) is 21.9 Å². The minimum atomic E-state index is -0.853. The molecule has 4 nitrogen and oxygen atoms in total. The van der Waals surface area contributed by atoms with Crippen molar-refractivity contribution in [2.45, 2.75) is 26.3 Å². The SMILES string of the molecule is CCCOCCCNCc1ccc(C(=O)O)s1. The molecule has 1 heterocycles. The van der Waals surface area contributed by atoms with E-state index in [4.69, 9.17) is 9.84 Å². The highest BCUT2D eigenvalue weighted by atomic mass is 32.1. The highest BCUT2D eigenvalue weighted by Gasteiger charge is 2.05. The summed E-state index contributed by atoms with van der Waals surface area (Å²) in [5.41, 5.74) is 0. The number of carbonyl (C=O) groups is 1. The maximum absolute atomic E-state index is 10.7. The van der Waals surface area contributed by atoms with E-state index in [9.17, 15) is 4.79 Å². The van der Waals surface area contributed by atoms with Gasteiger partial charge in [-0.3, -0.25) is 0 Å². The summed E-state index contributed by atoms with van der Waals surface area (Å²) in [7, 11) is 0. The Morgan fingerprint density at radius 2 is 2.29 bits per heavy atom. The van der Waals surface area contributed by atoms with Gasteiger partial charge in [-0.25, -0.2) is 4.79 Å². The first-order valence-electron chi connectivity index (χ1n) is 5.84. The van der Waals surface area contributed by atoms with Crippen LogP contribution >= 0.6 is 11.3 Å². The van der Waals surface area contributed by atoms with Crippen molar-refractivity contribution < 1.29 is 14.6 Å². The number of ether oxygens (including phenoxy) is 1. The summed E-state index contributed by atoms with van der Waals surface area (Å²) in [6, 6.07) is 3.50. The number of thiophene rings is 1. The van der Waals surface area contributed by atoms with Crippen LogP contribution in [0.5, 0.6) is 0 Å². The zero-order chi connectivity index (χ0) is 12.5.